The summed E-state index contributed by atoms with van der Waals surface area (Å²) in [5.41, 5.74) is 4.31. The molecule has 0 unspecified atom stereocenters. The van der Waals surface area contributed by atoms with Crippen LogP contribution in [0.4, 0.5) is 0 Å². The molecule has 6 heteroatoms. The van der Waals surface area contributed by atoms with E-state index in [1.54, 1.807) is 13.1 Å². The molecular formula is C15H22N4O2. The summed E-state index contributed by atoms with van der Waals surface area (Å²) in [7, 11) is 0. The van der Waals surface area contributed by atoms with Crippen molar-refractivity contribution < 1.29 is 10.2 Å². The highest BCUT2D eigenvalue weighted by Crippen LogP contribution is 2.23. The zero-order valence-corrected chi connectivity index (χ0v) is 12.5. The van der Waals surface area contributed by atoms with Crippen molar-refractivity contribution in [3.8, 4) is 5.75 Å². The van der Waals surface area contributed by atoms with E-state index in [4.69, 9.17) is 0 Å². The minimum absolute atomic E-state index is 0.119. The van der Waals surface area contributed by atoms with Gasteiger partial charge in [0.1, 0.15) is 5.75 Å². The average molecular weight is 290 g/mol. The first kappa shape index (κ1) is 15.5. The number of nitrogens with zero attached hydrogens (tertiary/aromatic N) is 2. The Bertz CT molecular complexity index is 595. The van der Waals surface area contributed by atoms with Crippen molar-refractivity contribution in [3.05, 3.63) is 40.5 Å². The van der Waals surface area contributed by atoms with Crippen LogP contribution in [0.5, 0.6) is 5.75 Å². The van der Waals surface area contributed by atoms with Gasteiger partial charge in [-0.05, 0) is 38.8 Å². The summed E-state index contributed by atoms with van der Waals surface area (Å²) in [6, 6.07) is 0. The average Bonchev–Trinajstić information content (AvgIpc) is 2.88. The summed E-state index contributed by atoms with van der Waals surface area (Å²) >= 11 is 0. The van der Waals surface area contributed by atoms with Crippen LogP contribution in [0.25, 0.3) is 0 Å². The number of hydrogen-bond donors (Lipinski definition) is 4. The van der Waals surface area contributed by atoms with Crippen molar-refractivity contribution in [1.29, 1.82) is 0 Å². The number of hydrogen-bond acceptors (Lipinski definition) is 5. The highest BCUT2D eigenvalue weighted by atomic mass is 16.3. The second-order valence-corrected chi connectivity index (χ2v) is 5.15. The van der Waals surface area contributed by atoms with Crippen LogP contribution in [0.15, 0.2) is 12.4 Å². The van der Waals surface area contributed by atoms with E-state index >= 15 is 0 Å². The van der Waals surface area contributed by atoms with Gasteiger partial charge in [0.05, 0.1) is 18.5 Å². The van der Waals surface area contributed by atoms with Crippen LogP contribution in [0.1, 0.15) is 34.5 Å². The maximum atomic E-state index is 10.0. The third-order valence-corrected chi connectivity index (χ3v) is 3.64. The van der Waals surface area contributed by atoms with Crippen molar-refractivity contribution in [1.82, 2.24) is 20.5 Å². The van der Waals surface area contributed by atoms with Gasteiger partial charge in [-0.1, -0.05) is 0 Å². The van der Waals surface area contributed by atoms with E-state index in [1.165, 1.54) is 5.56 Å². The van der Waals surface area contributed by atoms with Gasteiger partial charge < -0.3 is 15.5 Å². The Morgan fingerprint density at radius 2 is 2.05 bits per heavy atom. The molecule has 0 aliphatic carbocycles. The van der Waals surface area contributed by atoms with Gasteiger partial charge >= 0.3 is 0 Å². The first-order valence-electron chi connectivity index (χ1n) is 7.10. The summed E-state index contributed by atoms with van der Waals surface area (Å²) in [6.45, 7) is 5.00. The molecule has 4 N–H and O–H groups in total. The lowest BCUT2D eigenvalue weighted by Gasteiger charge is -2.12. The molecule has 0 aromatic carbocycles. The Balaban J connectivity index is 1.84. The second-order valence-electron chi connectivity index (χ2n) is 5.15. The molecule has 21 heavy (non-hydrogen) atoms. The molecule has 2 rings (SSSR count). The first-order valence-corrected chi connectivity index (χ1v) is 7.10. The number of H-pyrrole nitrogens is 1. The van der Waals surface area contributed by atoms with E-state index in [1.807, 2.05) is 13.1 Å². The Hall–Kier alpha value is -1.92. The van der Waals surface area contributed by atoms with Crippen LogP contribution in [0.2, 0.25) is 0 Å². The van der Waals surface area contributed by atoms with Crippen molar-refractivity contribution in [2.75, 3.05) is 6.54 Å². The van der Waals surface area contributed by atoms with Crippen LogP contribution < -0.4 is 5.32 Å². The molecule has 0 spiro atoms. The normalized spacial score (nSPS) is 11.0. The number of aromatic nitrogens is 3. The lowest BCUT2D eigenvalue weighted by atomic mass is 10.1. The maximum absolute atomic E-state index is 10.0. The molecule has 2 aromatic rings. The molecule has 0 bridgehead atoms. The van der Waals surface area contributed by atoms with Gasteiger partial charge in [0, 0.05) is 29.6 Å². The van der Waals surface area contributed by atoms with Gasteiger partial charge in [0.25, 0.3) is 0 Å². The Labute approximate surface area is 124 Å². The lowest BCUT2D eigenvalue weighted by Crippen LogP contribution is -2.17. The van der Waals surface area contributed by atoms with Gasteiger partial charge in [-0.2, -0.15) is 5.10 Å². The number of aliphatic hydroxyl groups is 1. The molecule has 0 saturated carbocycles. The fourth-order valence-electron chi connectivity index (χ4n) is 2.26. The maximum Gasteiger partial charge on any atom is 0.141 e. The van der Waals surface area contributed by atoms with Gasteiger partial charge in [-0.3, -0.25) is 10.1 Å². The molecule has 114 valence electrons. The topological polar surface area (TPSA) is 94.1 Å². The molecule has 2 heterocycles. The minimum atomic E-state index is -0.119. The highest BCUT2D eigenvalue weighted by Gasteiger charge is 2.10. The molecule has 0 saturated heterocycles. The standard InChI is InChI=1S/C15H22N4O2/c1-10-12(7-18-19-10)4-3-5-16-8-14-13(9-20)6-17-11(2)15(14)21/h6-7,16,20-21H,3-5,8-9H2,1-2H3,(H,18,19). The van der Waals surface area contributed by atoms with Crippen LogP contribution in [-0.2, 0) is 19.6 Å². The Kier molecular flexibility index (Phi) is 5.30. The smallest absolute Gasteiger partial charge is 0.141 e. The zero-order chi connectivity index (χ0) is 15.2. The lowest BCUT2D eigenvalue weighted by molar-refractivity contribution is 0.278. The molecule has 2 aromatic heterocycles. The number of aromatic hydroxyl groups is 1. The molecule has 0 fully saturated rings. The summed E-state index contributed by atoms with van der Waals surface area (Å²) in [5, 5.41) is 29.6. The fourth-order valence-corrected chi connectivity index (χ4v) is 2.26. The molecule has 0 aliphatic rings. The van der Waals surface area contributed by atoms with Crippen LogP contribution in [0.3, 0.4) is 0 Å². The van der Waals surface area contributed by atoms with E-state index in [2.05, 4.69) is 20.5 Å². The summed E-state index contributed by atoms with van der Waals surface area (Å²) in [6.07, 6.45) is 5.42. The Morgan fingerprint density at radius 1 is 1.24 bits per heavy atom. The number of aromatic amines is 1. The predicted octanol–water partition coefficient (Wildman–Crippen LogP) is 1.34. The molecule has 0 radical (unpaired) electrons. The molecular weight excluding hydrogens is 268 g/mol. The first-order chi connectivity index (χ1) is 10.1. The van der Waals surface area contributed by atoms with E-state index in [-0.39, 0.29) is 12.4 Å². The van der Waals surface area contributed by atoms with E-state index in [0.717, 1.165) is 30.6 Å². The van der Waals surface area contributed by atoms with Crippen LogP contribution in [-0.4, -0.2) is 31.9 Å². The summed E-state index contributed by atoms with van der Waals surface area (Å²) < 4.78 is 0. The van der Waals surface area contributed by atoms with Crippen molar-refractivity contribution in [2.24, 2.45) is 0 Å². The monoisotopic (exact) mass is 290 g/mol. The molecule has 6 nitrogen and oxygen atoms in total. The van der Waals surface area contributed by atoms with Gasteiger partial charge in [-0.25, -0.2) is 0 Å². The summed E-state index contributed by atoms with van der Waals surface area (Å²) in [5.74, 6) is 0.166. The number of aliphatic hydroxyl groups excluding tert-OH is 1. The number of rotatable bonds is 7. The largest absolute Gasteiger partial charge is 0.506 e. The van der Waals surface area contributed by atoms with E-state index in [9.17, 15) is 10.2 Å². The van der Waals surface area contributed by atoms with E-state index < -0.39 is 0 Å². The fraction of sp³-hybridized carbons (Fsp3) is 0.467. The Morgan fingerprint density at radius 3 is 2.71 bits per heavy atom. The van der Waals surface area contributed by atoms with Gasteiger partial charge in [0.2, 0.25) is 0 Å². The predicted molar refractivity (Wildman–Crippen MR) is 79.9 cm³/mol. The van der Waals surface area contributed by atoms with Crippen LogP contribution in [0, 0.1) is 13.8 Å². The third kappa shape index (κ3) is 3.80. The SMILES string of the molecule is Cc1ncc(CO)c(CNCCCc2cn[nH]c2C)c1O. The number of aryl methyl sites for hydroxylation is 3. The van der Waals surface area contributed by atoms with Crippen LogP contribution >= 0.6 is 0 Å². The van der Waals surface area contributed by atoms with Gasteiger partial charge in [-0.15, -0.1) is 0 Å². The minimum Gasteiger partial charge on any atom is -0.506 e. The number of pyridine rings is 1. The zero-order valence-electron chi connectivity index (χ0n) is 12.5. The molecule has 0 atom stereocenters. The van der Waals surface area contributed by atoms with Gasteiger partial charge in [0.15, 0.2) is 0 Å². The van der Waals surface area contributed by atoms with Crippen molar-refractivity contribution in [3.63, 3.8) is 0 Å². The number of nitrogens with one attached hydrogen (secondary N) is 2. The molecule has 0 amide bonds. The second kappa shape index (κ2) is 7.19. The van der Waals surface area contributed by atoms with E-state index in [0.29, 0.717) is 17.8 Å². The highest BCUT2D eigenvalue weighted by molar-refractivity contribution is 5.40. The third-order valence-electron chi connectivity index (χ3n) is 3.64. The van der Waals surface area contributed by atoms with Crippen molar-refractivity contribution in [2.45, 2.75) is 39.8 Å². The quantitative estimate of drug-likeness (QED) is 0.577. The summed E-state index contributed by atoms with van der Waals surface area (Å²) in [4.78, 5) is 4.05. The van der Waals surface area contributed by atoms with Crippen molar-refractivity contribution >= 4 is 0 Å². The molecule has 0 aliphatic heterocycles.